The third-order valence-corrected chi connectivity index (χ3v) is 2.08. The first-order valence-electron chi connectivity index (χ1n) is 4.70. The zero-order valence-corrected chi connectivity index (χ0v) is 8.47. The van der Waals surface area contributed by atoms with Crippen LogP contribution >= 0.6 is 0 Å². The highest BCUT2D eigenvalue weighted by Crippen LogP contribution is 2.25. The summed E-state index contributed by atoms with van der Waals surface area (Å²) >= 11 is 0. The molecule has 0 aliphatic heterocycles. The molecule has 0 unspecified atom stereocenters. The molecule has 1 heterocycles. The van der Waals surface area contributed by atoms with Gasteiger partial charge in [0.05, 0.1) is 0 Å². The highest BCUT2D eigenvalue weighted by molar-refractivity contribution is 5.48. The van der Waals surface area contributed by atoms with Crippen LogP contribution in [0, 0.1) is 6.92 Å². The lowest BCUT2D eigenvalue weighted by molar-refractivity contribution is 0.478. The van der Waals surface area contributed by atoms with Crippen LogP contribution in [0.25, 0.3) is 0 Å². The number of aromatic nitrogens is 1. The van der Waals surface area contributed by atoms with E-state index in [0.717, 1.165) is 22.7 Å². The number of nitrogen functional groups attached to an aromatic ring is 1. The number of hydrogen-bond acceptors (Lipinski definition) is 3. The molecular weight excluding hydrogens is 188 g/mol. The minimum Gasteiger partial charge on any atom is -0.457 e. The van der Waals surface area contributed by atoms with Gasteiger partial charge < -0.3 is 10.5 Å². The van der Waals surface area contributed by atoms with E-state index in [-0.39, 0.29) is 0 Å². The quantitative estimate of drug-likeness (QED) is 0.758. The van der Waals surface area contributed by atoms with Crippen molar-refractivity contribution in [3.05, 3.63) is 48.3 Å². The van der Waals surface area contributed by atoms with Crippen molar-refractivity contribution < 1.29 is 4.74 Å². The van der Waals surface area contributed by atoms with Crippen molar-refractivity contribution in [2.45, 2.75) is 6.92 Å². The first kappa shape index (κ1) is 9.52. The summed E-state index contributed by atoms with van der Waals surface area (Å²) in [5.41, 5.74) is 7.42. The molecule has 3 nitrogen and oxygen atoms in total. The maximum absolute atomic E-state index is 5.67. The fraction of sp³-hybridized carbons (Fsp3) is 0.0833. The van der Waals surface area contributed by atoms with E-state index >= 15 is 0 Å². The van der Waals surface area contributed by atoms with E-state index in [1.807, 2.05) is 37.3 Å². The molecule has 2 aromatic rings. The first-order chi connectivity index (χ1) is 7.25. The van der Waals surface area contributed by atoms with Crippen LogP contribution in [0.3, 0.4) is 0 Å². The molecule has 15 heavy (non-hydrogen) atoms. The number of aryl methyl sites for hydroxylation is 1. The highest BCUT2D eigenvalue weighted by atomic mass is 16.5. The Morgan fingerprint density at radius 1 is 1.13 bits per heavy atom. The van der Waals surface area contributed by atoms with E-state index in [4.69, 9.17) is 10.5 Å². The van der Waals surface area contributed by atoms with Crippen molar-refractivity contribution in [1.82, 2.24) is 4.98 Å². The monoisotopic (exact) mass is 200 g/mol. The molecule has 2 N–H and O–H groups in total. The zero-order chi connectivity index (χ0) is 10.7. The fourth-order valence-corrected chi connectivity index (χ4v) is 1.32. The van der Waals surface area contributed by atoms with Gasteiger partial charge in [0.25, 0.3) is 0 Å². The highest BCUT2D eigenvalue weighted by Gasteiger charge is 2.00. The number of ether oxygens (including phenoxy) is 1. The van der Waals surface area contributed by atoms with Crippen molar-refractivity contribution in [2.75, 3.05) is 5.73 Å². The Morgan fingerprint density at radius 2 is 1.87 bits per heavy atom. The fourth-order valence-electron chi connectivity index (χ4n) is 1.32. The third-order valence-electron chi connectivity index (χ3n) is 2.08. The van der Waals surface area contributed by atoms with E-state index in [2.05, 4.69) is 4.98 Å². The average Bonchev–Trinajstić information content (AvgIpc) is 2.24. The molecule has 0 radical (unpaired) electrons. The molecule has 0 bridgehead atoms. The number of benzene rings is 1. The molecule has 0 aliphatic carbocycles. The van der Waals surface area contributed by atoms with Gasteiger partial charge in [-0.25, -0.2) is 0 Å². The topological polar surface area (TPSA) is 48.1 Å². The first-order valence-corrected chi connectivity index (χ1v) is 4.70. The molecule has 0 aliphatic rings. The zero-order valence-electron chi connectivity index (χ0n) is 8.47. The normalized spacial score (nSPS) is 9.93. The molecule has 0 spiro atoms. The summed E-state index contributed by atoms with van der Waals surface area (Å²) in [6, 6.07) is 9.21. The third kappa shape index (κ3) is 2.26. The van der Waals surface area contributed by atoms with Gasteiger partial charge >= 0.3 is 0 Å². The standard InChI is InChI=1S/C12H12N2O/c1-9-8-10(13)2-3-12(9)15-11-4-6-14-7-5-11/h2-8H,13H2,1H3. The number of pyridine rings is 1. The Labute approximate surface area is 88.5 Å². The van der Waals surface area contributed by atoms with Gasteiger partial charge in [0.2, 0.25) is 0 Å². The lowest BCUT2D eigenvalue weighted by atomic mass is 10.2. The van der Waals surface area contributed by atoms with Crippen LogP contribution < -0.4 is 10.5 Å². The Balaban J connectivity index is 2.25. The van der Waals surface area contributed by atoms with Gasteiger partial charge in [0.15, 0.2) is 0 Å². The molecular formula is C12H12N2O. The molecule has 0 atom stereocenters. The van der Waals surface area contributed by atoms with Crippen LogP contribution in [0.5, 0.6) is 11.5 Å². The minimum atomic E-state index is 0.745. The summed E-state index contributed by atoms with van der Waals surface area (Å²) in [5, 5.41) is 0. The summed E-state index contributed by atoms with van der Waals surface area (Å²) in [4.78, 5) is 3.92. The summed E-state index contributed by atoms with van der Waals surface area (Å²) < 4.78 is 5.67. The van der Waals surface area contributed by atoms with E-state index in [1.54, 1.807) is 12.4 Å². The molecule has 2 rings (SSSR count). The van der Waals surface area contributed by atoms with Crippen molar-refractivity contribution in [3.8, 4) is 11.5 Å². The van der Waals surface area contributed by atoms with Gasteiger partial charge in [0.1, 0.15) is 11.5 Å². The lowest BCUT2D eigenvalue weighted by Crippen LogP contribution is -1.90. The Hall–Kier alpha value is -2.03. The van der Waals surface area contributed by atoms with E-state index in [9.17, 15) is 0 Å². The Bertz CT molecular complexity index is 454. The van der Waals surface area contributed by atoms with Crippen LogP contribution in [0.2, 0.25) is 0 Å². The number of hydrogen-bond donors (Lipinski definition) is 1. The largest absolute Gasteiger partial charge is 0.457 e. The molecule has 76 valence electrons. The van der Waals surface area contributed by atoms with Crippen LogP contribution in [0.1, 0.15) is 5.56 Å². The van der Waals surface area contributed by atoms with Gasteiger partial charge in [-0.15, -0.1) is 0 Å². The second kappa shape index (κ2) is 4.00. The van der Waals surface area contributed by atoms with Crippen LogP contribution in [-0.4, -0.2) is 4.98 Å². The SMILES string of the molecule is Cc1cc(N)ccc1Oc1ccncc1. The Morgan fingerprint density at radius 3 is 2.53 bits per heavy atom. The molecule has 0 amide bonds. The minimum absolute atomic E-state index is 0.745. The number of nitrogens with zero attached hydrogens (tertiary/aromatic N) is 1. The number of anilines is 1. The van der Waals surface area contributed by atoms with Gasteiger partial charge in [-0.05, 0) is 42.8 Å². The van der Waals surface area contributed by atoms with Crippen LogP contribution in [-0.2, 0) is 0 Å². The van der Waals surface area contributed by atoms with E-state index < -0.39 is 0 Å². The van der Waals surface area contributed by atoms with E-state index in [0.29, 0.717) is 0 Å². The molecule has 1 aromatic carbocycles. The average molecular weight is 200 g/mol. The maximum atomic E-state index is 5.67. The lowest BCUT2D eigenvalue weighted by Gasteiger charge is -2.08. The summed E-state index contributed by atoms with van der Waals surface area (Å²) in [5.74, 6) is 1.59. The maximum Gasteiger partial charge on any atom is 0.130 e. The number of nitrogens with two attached hydrogens (primary N) is 1. The van der Waals surface area contributed by atoms with Crippen molar-refractivity contribution in [1.29, 1.82) is 0 Å². The second-order valence-corrected chi connectivity index (χ2v) is 3.31. The van der Waals surface area contributed by atoms with Gasteiger partial charge in [-0.1, -0.05) is 0 Å². The van der Waals surface area contributed by atoms with Gasteiger partial charge in [-0.2, -0.15) is 0 Å². The van der Waals surface area contributed by atoms with Crippen molar-refractivity contribution in [2.24, 2.45) is 0 Å². The predicted molar refractivity (Wildman–Crippen MR) is 59.9 cm³/mol. The second-order valence-electron chi connectivity index (χ2n) is 3.31. The molecule has 0 saturated carbocycles. The van der Waals surface area contributed by atoms with Crippen molar-refractivity contribution >= 4 is 5.69 Å². The molecule has 3 heteroatoms. The summed E-state index contributed by atoms with van der Waals surface area (Å²) in [7, 11) is 0. The molecule has 0 saturated heterocycles. The van der Waals surface area contributed by atoms with Crippen LogP contribution in [0.4, 0.5) is 5.69 Å². The van der Waals surface area contributed by atoms with Gasteiger partial charge in [-0.3, -0.25) is 4.98 Å². The molecule has 0 fully saturated rings. The Kier molecular flexibility index (Phi) is 2.54. The molecule has 1 aromatic heterocycles. The van der Waals surface area contributed by atoms with Crippen molar-refractivity contribution in [3.63, 3.8) is 0 Å². The smallest absolute Gasteiger partial charge is 0.130 e. The predicted octanol–water partition coefficient (Wildman–Crippen LogP) is 2.76. The summed E-state index contributed by atoms with van der Waals surface area (Å²) in [6.45, 7) is 1.97. The van der Waals surface area contributed by atoms with E-state index in [1.165, 1.54) is 0 Å². The van der Waals surface area contributed by atoms with Crippen LogP contribution in [0.15, 0.2) is 42.7 Å². The van der Waals surface area contributed by atoms with Gasteiger partial charge in [0, 0.05) is 18.1 Å². The number of rotatable bonds is 2. The summed E-state index contributed by atoms with van der Waals surface area (Å²) in [6.07, 6.45) is 3.39.